The lowest BCUT2D eigenvalue weighted by Gasteiger charge is -2.27. The van der Waals surface area contributed by atoms with Gasteiger partial charge in [-0.15, -0.1) is 0 Å². The van der Waals surface area contributed by atoms with E-state index in [-0.39, 0.29) is 5.91 Å². The van der Waals surface area contributed by atoms with Gasteiger partial charge >= 0.3 is 0 Å². The smallest absolute Gasteiger partial charge is 0.227 e. The number of rotatable bonds is 3. The van der Waals surface area contributed by atoms with Crippen molar-refractivity contribution >= 4 is 17.5 Å². The zero-order valence-electron chi connectivity index (χ0n) is 12.4. The van der Waals surface area contributed by atoms with E-state index < -0.39 is 6.10 Å². The van der Waals surface area contributed by atoms with Crippen LogP contribution in [0.3, 0.4) is 0 Å². The number of aliphatic hydroxyl groups excluding tert-OH is 1. The summed E-state index contributed by atoms with van der Waals surface area (Å²) in [5, 5.41) is 14.6. The van der Waals surface area contributed by atoms with E-state index in [1.807, 2.05) is 27.8 Å². The summed E-state index contributed by atoms with van der Waals surface area (Å²) in [6.07, 6.45) is -0.217. The molecule has 1 aliphatic rings. The highest BCUT2D eigenvalue weighted by molar-refractivity contribution is 6.30. The highest BCUT2D eigenvalue weighted by atomic mass is 35.5. The van der Waals surface area contributed by atoms with Crippen LogP contribution in [0.15, 0.2) is 30.3 Å². The van der Waals surface area contributed by atoms with Gasteiger partial charge in [0.2, 0.25) is 5.91 Å². The van der Waals surface area contributed by atoms with Gasteiger partial charge in [-0.05, 0) is 30.7 Å². The van der Waals surface area contributed by atoms with Crippen molar-refractivity contribution in [1.29, 1.82) is 0 Å². The maximum absolute atomic E-state index is 12.4. The van der Waals surface area contributed by atoms with Gasteiger partial charge in [0, 0.05) is 11.6 Å². The number of aliphatic hydroxyl groups is 1. The Morgan fingerprint density at radius 2 is 2.09 bits per heavy atom. The zero-order valence-corrected chi connectivity index (χ0v) is 13.1. The predicted molar refractivity (Wildman–Crippen MR) is 83.4 cm³/mol. The largest absolute Gasteiger partial charge is 0.387 e. The van der Waals surface area contributed by atoms with Crippen LogP contribution in [0.2, 0.25) is 5.02 Å². The second-order valence-electron chi connectivity index (χ2n) is 5.58. The number of hydrogen-bond donors (Lipinski definition) is 1. The number of carbonyl (C=O) groups excluding carboxylic acids is 1. The molecule has 0 saturated carbocycles. The topological polar surface area (TPSA) is 58.4 Å². The monoisotopic (exact) mass is 319 g/mol. The van der Waals surface area contributed by atoms with Crippen LogP contribution >= 0.6 is 11.6 Å². The molecular weight excluding hydrogens is 302 g/mol. The van der Waals surface area contributed by atoms with E-state index in [0.29, 0.717) is 36.8 Å². The van der Waals surface area contributed by atoms with Gasteiger partial charge in [-0.1, -0.05) is 23.7 Å². The second kappa shape index (κ2) is 6.10. The molecule has 1 unspecified atom stereocenters. The molecule has 1 aliphatic heterocycles. The molecule has 1 atom stereocenters. The van der Waals surface area contributed by atoms with Gasteiger partial charge < -0.3 is 10.0 Å². The molecule has 116 valence electrons. The summed E-state index contributed by atoms with van der Waals surface area (Å²) in [5.74, 6) is 0.0911. The van der Waals surface area contributed by atoms with Crippen LogP contribution in [0, 0.1) is 0 Å². The molecule has 0 aliphatic carbocycles. The number of aromatic nitrogens is 2. The molecule has 5 nitrogen and oxygen atoms in total. The van der Waals surface area contributed by atoms with Gasteiger partial charge in [-0.2, -0.15) is 5.10 Å². The summed E-state index contributed by atoms with van der Waals surface area (Å²) < 4.78 is 1.87. The number of halogens is 1. The minimum Gasteiger partial charge on any atom is -0.387 e. The molecule has 0 saturated heterocycles. The van der Waals surface area contributed by atoms with Crippen molar-refractivity contribution in [1.82, 2.24) is 14.7 Å². The lowest BCUT2D eigenvalue weighted by molar-refractivity contribution is -0.132. The van der Waals surface area contributed by atoms with E-state index in [0.717, 1.165) is 11.3 Å². The van der Waals surface area contributed by atoms with Gasteiger partial charge in [0.1, 0.15) is 0 Å². The van der Waals surface area contributed by atoms with Crippen LogP contribution in [0.25, 0.3) is 0 Å². The Kier molecular flexibility index (Phi) is 4.18. The van der Waals surface area contributed by atoms with Crippen LogP contribution in [-0.4, -0.2) is 32.2 Å². The van der Waals surface area contributed by atoms with Crippen LogP contribution < -0.4 is 0 Å². The summed E-state index contributed by atoms with van der Waals surface area (Å²) in [4.78, 5) is 14.2. The molecule has 0 spiro atoms. The lowest BCUT2D eigenvalue weighted by atomic mass is 10.1. The molecule has 1 aromatic heterocycles. The minimum absolute atomic E-state index is 0.0911. The predicted octanol–water partition coefficient (Wildman–Crippen LogP) is 2.17. The Morgan fingerprint density at radius 3 is 2.77 bits per heavy atom. The zero-order chi connectivity index (χ0) is 15.7. The first kappa shape index (κ1) is 15.1. The highest BCUT2D eigenvalue weighted by Gasteiger charge is 2.23. The van der Waals surface area contributed by atoms with Crippen molar-refractivity contribution in [2.75, 3.05) is 6.54 Å². The fourth-order valence-electron chi connectivity index (χ4n) is 2.59. The summed E-state index contributed by atoms with van der Waals surface area (Å²) in [7, 11) is 0. The van der Waals surface area contributed by atoms with Gasteiger partial charge in [0.05, 0.1) is 37.0 Å². The third kappa shape index (κ3) is 3.15. The number of fused-ring (bicyclic) bond motifs is 1. The Morgan fingerprint density at radius 1 is 1.36 bits per heavy atom. The Hall–Kier alpha value is -1.85. The Bertz CT molecular complexity index is 679. The first-order valence-corrected chi connectivity index (χ1v) is 7.67. The second-order valence-corrected chi connectivity index (χ2v) is 6.01. The van der Waals surface area contributed by atoms with Crippen molar-refractivity contribution in [3.8, 4) is 0 Å². The summed E-state index contributed by atoms with van der Waals surface area (Å²) >= 11 is 5.86. The van der Waals surface area contributed by atoms with Crippen LogP contribution in [0.5, 0.6) is 0 Å². The van der Waals surface area contributed by atoms with E-state index in [1.54, 1.807) is 19.1 Å². The number of carbonyl (C=O) groups is 1. The van der Waals surface area contributed by atoms with Crippen molar-refractivity contribution < 1.29 is 9.90 Å². The molecule has 2 aromatic rings. The molecule has 0 radical (unpaired) electrons. The van der Waals surface area contributed by atoms with E-state index >= 15 is 0 Å². The van der Waals surface area contributed by atoms with Crippen LogP contribution in [0.4, 0.5) is 0 Å². The SMILES string of the molecule is CC(O)c1cc2n(n1)CCN(C(=O)Cc1ccc(Cl)cc1)C2. The molecule has 1 aromatic carbocycles. The molecular formula is C16H18ClN3O2. The molecule has 2 heterocycles. The van der Waals surface area contributed by atoms with Gasteiger partial charge in [0.25, 0.3) is 0 Å². The average molecular weight is 320 g/mol. The highest BCUT2D eigenvalue weighted by Crippen LogP contribution is 2.19. The quantitative estimate of drug-likeness (QED) is 0.943. The fraction of sp³-hybridized carbons (Fsp3) is 0.375. The van der Waals surface area contributed by atoms with Gasteiger partial charge in [-0.25, -0.2) is 0 Å². The molecule has 3 rings (SSSR count). The third-order valence-corrected chi connectivity index (χ3v) is 4.12. The average Bonchev–Trinajstić information content (AvgIpc) is 2.93. The molecule has 1 N–H and O–H groups in total. The van der Waals surface area contributed by atoms with Crippen molar-refractivity contribution in [3.05, 3.63) is 52.3 Å². The molecule has 0 bridgehead atoms. The molecule has 1 amide bonds. The summed E-state index contributed by atoms with van der Waals surface area (Å²) in [5.41, 5.74) is 2.58. The maximum Gasteiger partial charge on any atom is 0.227 e. The van der Waals surface area contributed by atoms with E-state index in [9.17, 15) is 9.90 Å². The number of hydrogen-bond acceptors (Lipinski definition) is 3. The minimum atomic E-state index is -0.587. The number of benzene rings is 1. The first-order valence-electron chi connectivity index (χ1n) is 7.30. The van der Waals surface area contributed by atoms with Crippen LogP contribution in [-0.2, 0) is 24.3 Å². The standard InChI is InChI=1S/C16H18ClN3O2/c1-11(21)15-9-14-10-19(6-7-20(14)18-15)16(22)8-12-2-4-13(17)5-3-12/h2-5,9,11,21H,6-8,10H2,1H3. The third-order valence-electron chi connectivity index (χ3n) is 3.87. The summed E-state index contributed by atoms with van der Waals surface area (Å²) in [6.45, 7) is 3.53. The maximum atomic E-state index is 12.4. The molecule has 6 heteroatoms. The molecule has 22 heavy (non-hydrogen) atoms. The Balaban J connectivity index is 1.68. The van der Waals surface area contributed by atoms with Gasteiger partial charge in [-0.3, -0.25) is 9.48 Å². The van der Waals surface area contributed by atoms with E-state index in [1.165, 1.54) is 0 Å². The van der Waals surface area contributed by atoms with Crippen LogP contribution in [0.1, 0.15) is 30.0 Å². The fourth-order valence-corrected chi connectivity index (χ4v) is 2.72. The number of amides is 1. The van der Waals surface area contributed by atoms with E-state index in [4.69, 9.17) is 11.6 Å². The van der Waals surface area contributed by atoms with Gasteiger partial charge in [0.15, 0.2) is 0 Å². The van der Waals surface area contributed by atoms with E-state index in [2.05, 4.69) is 5.10 Å². The lowest BCUT2D eigenvalue weighted by Crippen LogP contribution is -2.39. The first-order chi connectivity index (χ1) is 10.5. The molecule has 0 fully saturated rings. The van der Waals surface area contributed by atoms with Crippen molar-refractivity contribution in [2.24, 2.45) is 0 Å². The number of nitrogens with zero attached hydrogens (tertiary/aromatic N) is 3. The Labute approximate surface area is 134 Å². The summed E-state index contributed by atoms with van der Waals surface area (Å²) in [6, 6.07) is 9.21. The van der Waals surface area contributed by atoms with Crippen molar-refractivity contribution in [2.45, 2.75) is 32.5 Å². The van der Waals surface area contributed by atoms with Crippen molar-refractivity contribution in [3.63, 3.8) is 0 Å². The normalized spacial score (nSPS) is 15.5.